The Balaban J connectivity index is 0.971. The summed E-state index contributed by atoms with van der Waals surface area (Å²) in [6.45, 7) is 0. The first-order valence-electron chi connectivity index (χ1n) is 19.2. The molecule has 1 aliphatic rings. The molecule has 0 bridgehead atoms. The van der Waals surface area contributed by atoms with E-state index in [9.17, 15) is 0 Å². The highest BCUT2D eigenvalue weighted by atomic mass is 32.1. The second-order valence-electron chi connectivity index (χ2n) is 14.6. The molecule has 268 valence electrons. The van der Waals surface area contributed by atoms with E-state index >= 15 is 0 Å². The Hall–Kier alpha value is -6.86. The monoisotopic (exact) mass is 764 g/mol. The average molecular weight is 765 g/mol. The van der Waals surface area contributed by atoms with Crippen LogP contribution in [0.25, 0.3) is 79.0 Å². The van der Waals surface area contributed by atoms with Gasteiger partial charge < -0.3 is 9.88 Å². The van der Waals surface area contributed by atoms with Crippen LogP contribution in [0, 0.1) is 0 Å². The smallest absolute Gasteiger partial charge is 0.159 e. The number of fused-ring (bicyclic) bond motifs is 9. The highest BCUT2D eigenvalue weighted by Crippen LogP contribution is 2.45. The molecule has 1 N–H and O–H groups in total. The molecule has 0 aliphatic carbocycles. The number of rotatable bonds is 5. The van der Waals surface area contributed by atoms with Crippen LogP contribution < -0.4 is 5.32 Å². The van der Waals surface area contributed by atoms with Gasteiger partial charge in [-0.25, -0.2) is 9.98 Å². The van der Waals surface area contributed by atoms with Gasteiger partial charge in [0.25, 0.3) is 0 Å². The normalized spacial score (nSPS) is 14.5. The Kier molecular flexibility index (Phi) is 7.30. The van der Waals surface area contributed by atoms with Gasteiger partial charge in [0, 0.05) is 73.5 Å². The van der Waals surface area contributed by atoms with E-state index in [1.165, 1.54) is 79.0 Å². The molecular formula is C51H32N4S2. The van der Waals surface area contributed by atoms with E-state index in [0.717, 1.165) is 28.4 Å². The van der Waals surface area contributed by atoms with Crippen molar-refractivity contribution in [3.63, 3.8) is 0 Å². The third kappa shape index (κ3) is 5.18. The number of para-hydroxylation sites is 2. The Labute approximate surface area is 336 Å². The molecule has 4 heterocycles. The Bertz CT molecular complexity index is 3390. The first kappa shape index (κ1) is 32.4. The fourth-order valence-electron chi connectivity index (χ4n) is 8.67. The maximum absolute atomic E-state index is 5.23. The molecule has 8 aromatic carbocycles. The SMILES string of the molecule is c1ccc(C2=NC(c3cccc4c3sc3cccc(-c5ccc6c(c5)sc5ccc(-n7c8ccccc8c8ccccc87)cc56)c34)NC(c3ccccc3)=N2)cc1. The van der Waals surface area contributed by atoms with Crippen molar-refractivity contribution in [3.05, 3.63) is 199 Å². The second-order valence-corrected chi connectivity index (χ2v) is 16.7. The number of hydrogen-bond donors (Lipinski definition) is 1. The van der Waals surface area contributed by atoms with Gasteiger partial charge >= 0.3 is 0 Å². The quantitative estimate of drug-likeness (QED) is 0.186. The van der Waals surface area contributed by atoms with Crippen molar-refractivity contribution >= 4 is 96.5 Å². The van der Waals surface area contributed by atoms with E-state index in [1.54, 1.807) is 0 Å². The van der Waals surface area contributed by atoms with Gasteiger partial charge in [0.15, 0.2) is 5.84 Å². The van der Waals surface area contributed by atoms with Crippen molar-refractivity contribution in [1.29, 1.82) is 0 Å². The van der Waals surface area contributed by atoms with Gasteiger partial charge in [-0.2, -0.15) is 0 Å². The molecule has 0 fully saturated rings. The van der Waals surface area contributed by atoms with Crippen LogP contribution in [-0.4, -0.2) is 16.2 Å². The number of thiophene rings is 2. The first-order valence-corrected chi connectivity index (χ1v) is 20.8. The number of benzene rings is 8. The van der Waals surface area contributed by atoms with Gasteiger partial charge in [-0.1, -0.05) is 140 Å². The summed E-state index contributed by atoms with van der Waals surface area (Å²) in [5.41, 5.74) is 9.31. The lowest BCUT2D eigenvalue weighted by molar-refractivity contribution is 0.680. The predicted octanol–water partition coefficient (Wildman–Crippen LogP) is 13.7. The van der Waals surface area contributed by atoms with E-state index in [1.807, 2.05) is 46.9 Å². The van der Waals surface area contributed by atoms with Crippen LogP contribution in [0.4, 0.5) is 0 Å². The molecule has 1 aliphatic heterocycles. The van der Waals surface area contributed by atoms with E-state index in [0.29, 0.717) is 0 Å². The number of aromatic nitrogens is 1. The lowest BCUT2D eigenvalue weighted by Crippen LogP contribution is -2.33. The van der Waals surface area contributed by atoms with E-state index in [2.05, 4.69) is 168 Å². The fraction of sp³-hybridized carbons (Fsp3) is 0.0196. The zero-order valence-corrected chi connectivity index (χ0v) is 32.2. The number of aliphatic imine (C=N–C) groups is 2. The Morgan fingerprint density at radius 2 is 1.18 bits per heavy atom. The summed E-state index contributed by atoms with van der Waals surface area (Å²) in [4.78, 5) is 10.2. The van der Waals surface area contributed by atoms with Gasteiger partial charge in [-0.05, 0) is 53.6 Å². The van der Waals surface area contributed by atoms with Gasteiger partial charge in [0.05, 0.1) is 11.0 Å². The lowest BCUT2D eigenvalue weighted by atomic mass is 9.97. The largest absolute Gasteiger partial charge is 0.344 e. The minimum atomic E-state index is -0.296. The minimum Gasteiger partial charge on any atom is -0.344 e. The molecule has 11 aromatic rings. The molecule has 4 nitrogen and oxygen atoms in total. The van der Waals surface area contributed by atoms with E-state index in [-0.39, 0.29) is 6.17 Å². The zero-order valence-electron chi connectivity index (χ0n) is 30.6. The van der Waals surface area contributed by atoms with Gasteiger partial charge in [0.1, 0.15) is 12.0 Å². The summed E-state index contributed by atoms with van der Waals surface area (Å²) in [6.07, 6.45) is -0.296. The van der Waals surface area contributed by atoms with Crippen molar-refractivity contribution in [2.75, 3.05) is 0 Å². The third-order valence-electron chi connectivity index (χ3n) is 11.3. The van der Waals surface area contributed by atoms with Crippen LogP contribution in [0.5, 0.6) is 0 Å². The maximum atomic E-state index is 5.23. The summed E-state index contributed by atoms with van der Waals surface area (Å²) in [5, 5.41) is 11.4. The molecular weight excluding hydrogens is 733 g/mol. The molecule has 0 amide bonds. The summed E-state index contributed by atoms with van der Waals surface area (Å²) < 4.78 is 7.50. The van der Waals surface area contributed by atoms with Crippen LogP contribution in [-0.2, 0) is 0 Å². The molecule has 1 atom stereocenters. The van der Waals surface area contributed by atoms with Crippen molar-refractivity contribution < 1.29 is 0 Å². The molecule has 0 radical (unpaired) electrons. The van der Waals surface area contributed by atoms with Crippen LogP contribution >= 0.6 is 22.7 Å². The van der Waals surface area contributed by atoms with Crippen LogP contribution in [0.1, 0.15) is 22.9 Å². The van der Waals surface area contributed by atoms with Crippen LogP contribution in [0.2, 0.25) is 0 Å². The molecule has 0 spiro atoms. The van der Waals surface area contributed by atoms with Crippen molar-refractivity contribution in [2.24, 2.45) is 9.98 Å². The summed E-state index contributed by atoms with van der Waals surface area (Å²) in [6, 6.07) is 65.4. The zero-order chi connectivity index (χ0) is 37.5. The molecule has 57 heavy (non-hydrogen) atoms. The first-order chi connectivity index (χ1) is 28.2. The van der Waals surface area contributed by atoms with Crippen molar-refractivity contribution in [2.45, 2.75) is 6.17 Å². The highest BCUT2D eigenvalue weighted by molar-refractivity contribution is 7.26. The van der Waals surface area contributed by atoms with Crippen LogP contribution in [0.3, 0.4) is 0 Å². The average Bonchev–Trinajstić information content (AvgIpc) is 3.96. The number of hydrogen-bond acceptors (Lipinski definition) is 5. The minimum absolute atomic E-state index is 0.296. The summed E-state index contributed by atoms with van der Waals surface area (Å²) in [5.74, 6) is 1.56. The number of nitrogens with zero attached hydrogens (tertiary/aromatic N) is 3. The van der Waals surface area contributed by atoms with E-state index < -0.39 is 0 Å². The van der Waals surface area contributed by atoms with Crippen LogP contribution in [0.15, 0.2) is 192 Å². The Morgan fingerprint density at radius 3 is 1.96 bits per heavy atom. The molecule has 6 heteroatoms. The van der Waals surface area contributed by atoms with Crippen molar-refractivity contribution in [3.8, 4) is 16.8 Å². The molecule has 0 saturated carbocycles. The lowest BCUT2D eigenvalue weighted by Gasteiger charge is -2.24. The Morgan fingerprint density at radius 1 is 0.474 bits per heavy atom. The number of nitrogens with one attached hydrogen (secondary N) is 1. The molecule has 0 saturated heterocycles. The molecule has 1 unspecified atom stereocenters. The van der Waals surface area contributed by atoms with E-state index in [4.69, 9.17) is 9.98 Å². The topological polar surface area (TPSA) is 41.7 Å². The predicted molar refractivity (Wildman–Crippen MR) is 244 cm³/mol. The summed E-state index contributed by atoms with van der Waals surface area (Å²) >= 11 is 3.72. The fourth-order valence-corrected chi connectivity index (χ4v) is 11.1. The highest BCUT2D eigenvalue weighted by Gasteiger charge is 2.24. The third-order valence-corrected chi connectivity index (χ3v) is 13.6. The molecule has 12 rings (SSSR count). The van der Waals surface area contributed by atoms with Gasteiger partial charge in [0.2, 0.25) is 0 Å². The standard InChI is InChI=1S/C51H32N4S2/c1-3-13-31(14-4-1)49-52-50(32-15-5-2-6-16-32)54-51(53-49)40-21-11-20-39-47-35(19-12-24-45(47)57-48(39)40)33-25-27-38-41-30-34(26-28-44(41)56-46(38)29-33)55-42-22-9-7-17-36(42)37-18-8-10-23-43(37)55/h1-30,51H,(H,52,53,54). The second kappa shape index (κ2) is 12.8. The van der Waals surface area contributed by atoms with Gasteiger partial charge in [-0.15, -0.1) is 22.7 Å². The summed E-state index contributed by atoms with van der Waals surface area (Å²) in [7, 11) is 0. The number of amidine groups is 2. The maximum Gasteiger partial charge on any atom is 0.159 e. The van der Waals surface area contributed by atoms with Gasteiger partial charge in [-0.3, -0.25) is 0 Å². The molecule has 3 aromatic heterocycles. The van der Waals surface area contributed by atoms with Crippen molar-refractivity contribution in [1.82, 2.24) is 9.88 Å².